The summed E-state index contributed by atoms with van der Waals surface area (Å²) in [4.78, 5) is 22.3. The van der Waals surface area contributed by atoms with Gasteiger partial charge in [-0.05, 0) is 18.4 Å². The molecule has 2 heterocycles. The van der Waals surface area contributed by atoms with Gasteiger partial charge >= 0.3 is 0 Å². The largest absolute Gasteiger partial charge is 0.374 e. The second-order valence-electron chi connectivity index (χ2n) is 5.51. The maximum Gasteiger partial charge on any atom is 0.254 e. The summed E-state index contributed by atoms with van der Waals surface area (Å²) in [7, 11) is 1.64. The Morgan fingerprint density at radius 3 is 2.68 bits per heavy atom. The Bertz CT molecular complexity index is 835. The molecule has 0 aliphatic rings. The number of nitrogens with one attached hydrogen (secondary N) is 1. The Kier molecular flexibility index (Phi) is 5.53. The lowest BCUT2D eigenvalue weighted by Gasteiger charge is -2.15. The van der Waals surface area contributed by atoms with Crippen molar-refractivity contribution in [1.82, 2.24) is 15.3 Å². The number of rotatable bonds is 6. The third kappa shape index (κ3) is 4.10. The highest BCUT2D eigenvalue weighted by atomic mass is 32.1. The lowest BCUT2D eigenvalue weighted by Crippen LogP contribution is -2.29. The second-order valence-corrected chi connectivity index (χ2v) is 6.49. The van der Waals surface area contributed by atoms with Crippen LogP contribution in [0.1, 0.15) is 27.0 Å². The van der Waals surface area contributed by atoms with Crippen molar-refractivity contribution >= 4 is 17.2 Å². The predicted octanol–water partition coefficient (Wildman–Crippen LogP) is 3.63. The summed E-state index contributed by atoms with van der Waals surface area (Å²) in [6, 6.07) is 13.7. The maximum atomic E-state index is 12.5. The third-order valence-electron chi connectivity index (χ3n) is 3.85. The number of aromatic nitrogens is 2. The molecule has 25 heavy (non-hydrogen) atoms. The number of nitrogens with zero attached hydrogens (tertiary/aromatic N) is 2. The van der Waals surface area contributed by atoms with Crippen molar-refractivity contribution in [2.24, 2.45) is 0 Å². The van der Waals surface area contributed by atoms with Crippen LogP contribution in [0.15, 0.2) is 54.0 Å². The van der Waals surface area contributed by atoms with Gasteiger partial charge in [0.25, 0.3) is 5.91 Å². The molecule has 0 aliphatic carbocycles. The molecule has 0 radical (unpaired) electrons. The number of methoxy groups -OCH3 is 1. The average molecular weight is 353 g/mol. The van der Waals surface area contributed by atoms with Crippen molar-refractivity contribution in [2.75, 3.05) is 13.7 Å². The van der Waals surface area contributed by atoms with Crippen LogP contribution < -0.4 is 5.32 Å². The van der Waals surface area contributed by atoms with E-state index in [4.69, 9.17) is 4.74 Å². The van der Waals surface area contributed by atoms with E-state index in [0.717, 1.165) is 10.4 Å². The first-order valence-corrected chi connectivity index (χ1v) is 8.80. The van der Waals surface area contributed by atoms with Crippen molar-refractivity contribution in [3.05, 3.63) is 70.2 Å². The molecule has 5 nitrogen and oxygen atoms in total. The number of hydrogen-bond acceptors (Lipinski definition) is 5. The Morgan fingerprint density at radius 1 is 1.24 bits per heavy atom. The smallest absolute Gasteiger partial charge is 0.254 e. The minimum Gasteiger partial charge on any atom is -0.374 e. The normalized spacial score (nSPS) is 11.9. The van der Waals surface area contributed by atoms with Gasteiger partial charge in [0.2, 0.25) is 0 Å². The van der Waals surface area contributed by atoms with Gasteiger partial charge in [-0.25, -0.2) is 9.97 Å². The van der Waals surface area contributed by atoms with Crippen molar-refractivity contribution in [1.29, 1.82) is 0 Å². The van der Waals surface area contributed by atoms with Gasteiger partial charge in [-0.3, -0.25) is 4.79 Å². The zero-order valence-electron chi connectivity index (χ0n) is 14.1. The molecule has 0 saturated heterocycles. The Morgan fingerprint density at radius 2 is 2.04 bits per heavy atom. The van der Waals surface area contributed by atoms with Crippen molar-refractivity contribution in [3.8, 4) is 11.4 Å². The Balaban J connectivity index is 1.70. The van der Waals surface area contributed by atoms with Crippen LogP contribution >= 0.6 is 11.3 Å². The van der Waals surface area contributed by atoms with Gasteiger partial charge in [0.05, 0.1) is 11.3 Å². The van der Waals surface area contributed by atoms with E-state index >= 15 is 0 Å². The van der Waals surface area contributed by atoms with E-state index < -0.39 is 0 Å². The van der Waals surface area contributed by atoms with E-state index in [2.05, 4.69) is 15.3 Å². The van der Waals surface area contributed by atoms with Crippen LogP contribution in [0.2, 0.25) is 0 Å². The third-order valence-corrected chi connectivity index (χ3v) is 4.81. The fourth-order valence-electron chi connectivity index (χ4n) is 2.47. The molecule has 1 atom stereocenters. The quantitative estimate of drug-likeness (QED) is 0.735. The molecular formula is C19H19N3O2S. The zero-order chi connectivity index (χ0) is 17.6. The minimum atomic E-state index is -0.198. The van der Waals surface area contributed by atoms with Gasteiger partial charge in [0, 0.05) is 30.3 Å². The molecule has 1 N–H and O–H groups in total. The first kappa shape index (κ1) is 17.3. The lowest BCUT2D eigenvalue weighted by atomic mass is 10.2. The molecular weight excluding hydrogens is 334 g/mol. The molecule has 3 aromatic rings. The summed E-state index contributed by atoms with van der Waals surface area (Å²) in [5.74, 6) is 0.415. The summed E-state index contributed by atoms with van der Waals surface area (Å²) in [6.45, 7) is 2.21. The van der Waals surface area contributed by atoms with Gasteiger partial charge in [0.15, 0.2) is 5.82 Å². The maximum absolute atomic E-state index is 12.5. The number of amides is 1. The van der Waals surface area contributed by atoms with Crippen LogP contribution in [0.5, 0.6) is 0 Å². The summed E-state index contributed by atoms with van der Waals surface area (Å²) < 4.78 is 5.45. The summed E-state index contributed by atoms with van der Waals surface area (Å²) in [6.07, 6.45) is 1.42. The zero-order valence-corrected chi connectivity index (χ0v) is 14.9. The molecule has 0 bridgehead atoms. The monoisotopic (exact) mass is 353 g/mol. The Hall–Kier alpha value is -2.57. The number of carbonyl (C=O) groups excluding carboxylic acids is 1. The van der Waals surface area contributed by atoms with Crippen molar-refractivity contribution in [3.63, 3.8) is 0 Å². The number of ether oxygens (including phenoxy) is 1. The van der Waals surface area contributed by atoms with Gasteiger partial charge in [-0.2, -0.15) is 0 Å². The van der Waals surface area contributed by atoms with E-state index in [0.29, 0.717) is 23.6 Å². The fourth-order valence-corrected chi connectivity index (χ4v) is 3.27. The molecule has 0 spiro atoms. The van der Waals surface area contributed by atoms with E-state index in [1.807, 2.05) is 54.8 Å². The first-order chi connectivity index (χ1) is 12.2. The van der Waals surface area contributed by atoms with Gasteiger partial charge < -0.3 is 10.1 Å². The van der Waals surface area contributed by atoms with Crippen molar-refractivity contribution in [2.45, 2.75) is 13.0 Å². The van der Waals surface area contributed by atoms with Crippen LogP contribution in [0.3, 0.4) is 0 Å². The SMILES string of the molecule is CO[C@@H](CNC(=O)c1cnc(-c2ccccc2)nc1C)c1cccs1. The number of hydrogen-bond donors (Lipinski definition) is 1. The minimum absolute atomic E-state index is 0.159. The molecule has 6 heteroatoms. The first-order valence-electron chi connectivity index (χ1n) is 7.92. The molecule has 0 saturated carbocycles. The molecule has 3 rings (SSSR count). The summed E-state index contributed by atoms with van der Waals surface area (Å²) in [5.41, 5.74) is 2.05. The molecule has 1 aromatic carbocycles. The summed E-state index contributed by atoms with van der Waals surface area (Å²) in [5, 5.41) is 4.89. The average Bonchev–Trinajstić information content (AvgIpc) is 3.17. The van der Waals surface area contributed by atoms with E-state index in [9.17, 15) is 4.79 Å². The highest BCUT2D eigenvalue weighted by molar-refractivity contribution is 7.10. The van der Waals surface area contributed by atoms with Gasteiger partial charge in [0.1, 0.15) is 6.10 Å². The predicted molar refractivity (Wildman–Crippen MR) is 98.6 cm³/mol. The highest BCUT2D eigenvalue weighted by Crippen LogP contribution is 2.21. The number of thiophene rings is 1. The number of carbonyl (C=O) groups is 1. The van der Waals surface area contributed by atoms with Gasteiger partial charge in [-0.15, -0.1) is 11.3 Å². The molecule has 0 aliphatic heterocycles. The van der Waals surface area contributed by atoms with Crippen LogP contribution in [0.25, 0.3) is 11.4 Å². The highest BCUT2D eigenvalue weighted by Gasteiger charge is 2.16. The topological polar surface area (TPSA) is 64.1 Å². The van der Waals surface area contributed by atoms with Gasteiger partial charge in [-0.1, -0.05) is 36.4 Å². The van der Waals surface area contributed by atoms with E-state index in [1.165, 1.54) is 0 Å². The lowest BCUT2D eigenvalue weighted by molar-refractivity contribution is 0.0836. The fraction of sp³-hybridized carbons (Fsp3) is 0.211. The van der Waals surface area contributed by atoms with Crippen LogP contribution in [-0.2, 0) is 4.74 Å². The second kappa shape index (κ2) is 8.00. The van der Waals surface area contributed by atoms with Crippen molar-refractivity contribution < 1.29 is 9.53 Å². The van der Waals surface area contributed by atoms with Crippen LogP contribution in [0, 0.1) is 6.92 Å². The van der Waals surface area contributed by atoms with E-state index in [-0.39, 0.29) is 12.0 Å². The van der Waals surface area contributed by atoms with E-state index in [1.54, 1.807) is 24.6 Å². The number of aryl methyl sites for hydroxylation is 1. The molecule has 0 unspecified atom stereocenters. The molecule has 128 valence electrons. The van der Waals surface area contributed by atoms with Crippen LogP contribution in [-0.4, -0.2) is 29.5 Å². The number of benzene rings is 1. The molecule has 0 fully saturated rings. The molecule has 1 amide bonds. The van der Waals surface area contributed by atoms with Crippen LogP contribution in [0.4, 0.5) is 0 Å². The standard InChI is InChI=1S/C19H19N3O2S/c1-13-15(11-20-18(22-13)14-7-4-3-5-8-14)19(23)21-12-16(24-2)17-9-6-10-25-17/h3-11,16H,12H2,1-2H3,(H,21,23)/t16-/m0/s1. The molecule has 2 aromatic heterocycles. The Labute approximate surface area is 150 Å². The summed E-state index contributed by atoms with van der Waals surface area (Å²) >= 11 is 1.60.